The second kappa shape index (κ2) is 6.30. The molecule has 1 saturated carbocycles. The predicted molar refractivity (Wildman–Crippen MR) is 88.7 cm³/mol. The predicted octanol–water partition coefficient (Wildman–Crippen LogP) is 4.74. The van der Waals surface area contributed by atoms with Gasteiger partial charge >= 0.3 is 6.36 Å². The highest BCUT2D eigenvalue weighted by molar-refractivity contribution is 6.32. The summed E-state index contributed by atoms with van der Waals surface area (Å²) in [4.78, 5) is 2.28. The standard InChI is InChI=1S/C17H22ClF3N2O/c1-16(2)10-23(14-6-4-3-5-13(14)22-16)11-7-8-15(12(18)9-11)24-17(19,20)21/h7-9,13-14,22H,3-6,10H2,1-2H3. The molecule has 0 aromatic heterocycles. The molecule has 3 rings (SSSR count). The van der Waals surface area contributed by atoms with Crippen LogP contribution in [0.4, 0.5) is 18.9 Å². The molecular formula is C17H22ClF3N2O. The Morgan fingerprint density at radius 1 is 1.25 bits per heavy atom. The molecule has 2 aliphatic rings. The molecule has 1 aliphatic heterocycles. The zero-order valence-electron chi connectivity index (χ0n) is 13.8. The van der Waals surface area contributed by atoms with Gasteiger partial charge in [-0.1, -0.05) is 24.4 Å². The smallest absolute Gasteiger partial charge is 0.404 e. The number of nitrogens with zero attached hydrogens (tertiary/aromatic N) is 1. The van der Waals surface area contributed by atoms with Crippen LogP contribution in [0, 0.1) is 0 Å². The molecular weight excluding hydrogens is 341 g/mol. The lowest BCUT2D eigenvalue weighted by atomic mass is 9.83. The lowest BCUT2D eigenvalue weighted by Gasteiger charge is -2.52. The van der Waals surface area contributed by atoms with Gasteiger partial charge in [0.2, 0.25) is 0 Å². The second-order valence-corrected chi connectivity index (χ2v) is 7.68. The number of ether oxygens (including phenoxy) is 1. The minimum Gasteiger partial charge on any atom is -0.404 e. The van der Waals surface area contributed by atoms with Gasteiger partial charge in [0, 0.05) is 29.9 Å². The fourth-order valence-corrected chi connectivity index (χ4v) is 4.12. The molecule has 0 amide bonds. The molecule has 1 saturated heterocycles. The summed E-state index contributed by atoms with van der Waals surface area (Å²) in [5, 5.41) is 3.68. The number of halogens is 4. The van der Waals surface area contributed by atoms with Crippen molar-refractivity contribution in [2.24, 2.45) is 0 Å². The maximum Gasteiger partial charge on any atom is 0.573 e. The van der Waals surface area contributed by atoms with E-state index in [4.69, 9.17) is 11.6 Å². The third kappa shape index (κ3) is 3.91. The van der Waals surface area contributed by atoms with E-state index in [1.807, 2.05) is 0 Å². The van der Waals surface area contributed by atoms with Crippen molar-refractivity contribution in [2.45, 2.75) is 63.5 Å². The molecule has 0 radical (unpaired) electrons. The summed E-state index contributed by atoms with van der Waals surface area (Å²) in [5.41, 5.74) is 0.785. The van der Waals surface area contributed by atoms with Crippen molar-refractivity contribution in [1.82, 2.24) is 5.32 Å². The summed E-state index contributed by atoms with van der Waals surface area (Å²) in [6.45, 7) is 5.07. The minimum atomic E-state index is -4.74. The third-order valence-electron chi connectivity index (χ3n) is 4.74. The molecule has 134 valence electrons. The highest BCUT2D eigenvalue weighted by Gasteiger charge is 2.40. The van der Waals surface area contributed by atoms with Gasteiger partial charge in [-0.2, -0.15) is 0 Å². The highest BCUT2D eigenvalue weighted by atomic mass is 35.5. The van der Waals surface area contributed by atoms with Crippen molar-refractivity contribution in [3.63, 3.8) is 0 Å². The molecule has 1 heterocycles. The molecule has 2 unspecified atom stereocenters. The van der Waals surface area contributed by atoms with E-state index < -0.39 is 6.36 Å². The van der Waals surface area contributed by atoms with Gasteiger partial charge in [-0.25, -0.2) is 0 Å². The Kier molecular flexibility index (Phi) is 4.64. The molecule has 1 aromatic rings. The number of anilines is 1. The number of hydrogen-bond donors (Lipinski definition) is 1. The molecule has 1 aromatic carbocycles. The summed E-state index contributed by atoms with van der Waals surface area (Å²) in [5.74, 6) is -0.359. The van der Waals surface area contributed by atoms with Gasteiger partial charge < -0.3 is 15.0 Å². The number of piperazine rings is 1. The van der Waals surface area contributed by atoms with Crippen molar-refractivity contribution in [2.75, 3.05) is 11.4 Å². The lowest BCUT2D eigenvalue weighted by Crippen LogP contribution is -2.67. The quantitative estimate of drug-likeness (QED) is 0.822. The van der Waals surface area contributed by atoms with E-state index in [-0.39, 0.29) is 16.3 Å². The Bertz CT molecular complexity index is 606. The Morgan fingerprint density at radius 2 is 1.96 bits per heavy atom. The topological polar surface area (TPSA) is 24.5 Å². The average molecular weight is 363 g/mol. The Balaban J connectivity index is 1.87. The first kappa shape index (κ1) is 17.7. The van der Waals surface area contributed by atoms with Crippen LogP contribution in [-0.2, 0) is 0 Å². The maximum atomic E-state index is 12.4. The van der Waals surface area contributed by atoms with E-state index in [1.54, 1.807) is 12.1 Å². The van der Waals surface area contributed by atoms with E-state index in [0.717, 1.165) is 25.1 Å². The monoisotopic (exact) mass is 362 g/mol. The van der Waals surface area contributed by atoms with Gasteiger partial charge in [-0.15, -0.1) is 13.2 Å². The molecule has 3 nitrogen and oxygen atoms in total. The number of alkyl halides is 3. The van der Waals surface area contributed by atoms with Crippen LogP contribution in [0.15, 0.2) is 18.2 Å². The van der Waals surface area contributed by atoms with Crippen LogP contribution in [0.1, 0.15) is 39.5 Å². The fourth-order valence-electron chi connectivity index (χ4n) is 3.90. The first-order valence-corrected chi connectivity index (χ1v) is 8.62. The molecule has 2 fully saturated rings. The van der Waals surface area contributed by atoms with Crippen molar-refractivity contribution in [3.8, 4) is 5.75 Å². The van der Waals surface area contributed by atoms with Crippen molar-refractivity contribution < 1.29 is 17.9 Å². The summed E-state index contributed by atoms with van der Waals surface area (Å²) >= 11 is 6.03. The highest BCUT2D eigenvalue weighted by Crippen LogP contribution is 2.38. The van der Waals surface area contributed by atoms with Gasteiger partial charge in [0.05, 0.1) is 5.02 Å². The molecule has 0 bridgehead atoms. The number of nitrogens with one attached hydrogen (secondary N) is 1. The second-order valence-electron chi connectivity index (χ2n) is 7.28. The van der Waals surface area contributed by atoms with E-state index >= 15 is 0 Å². The fraction of sp³-hybridized carbons (Fsp3) is 0.647. The summed E-state index contributed by atoms with van der Waals surface area (Å²) in [6, 6.07) is 5.29. The minimum absolute atomic E-state index is 0.0199. The van der Waals surface area contributed by atoms with Crippen LogP contribution >= 0.6 is 11.6 Å². The van der Waals surface area contributed by atoms with E-state index in [9.17, 15) is 13.2 Å². The molecule has 1 aliphatic carbocycles. The van der Waals surface area contributed by atoms with Gasteiger partial charge in [0.15, 0.2) is 0 Å². The molecule has 7 heteroatoms. The van der Waals surface area contributed by atoms with Crippen LogP contribution in [-0.4, -0.2) is 30.5 Å². The third-order valence-corrected chi connectivity index (χ3v) is 5.04. The van der Waals surface area contributed by atoms with Gasteiger partial charge in [-0.3, -0.25) is 0 Å². The van der Waals surface area contributed by atoms with Crippen LogP contribution in [0.2, 0.25) is 5.02 Å². The lowest BCUT2D eigenvalue weighted by molar-refractivity contribution is -0.274. The first-order chi connectivity index (χ1) is 11.1. The largest absolute Gasteiger partial charge is 0.573 e. The molecule has 1 N–H and O–H groups in total. The van der Waals surface area contributed by atoms with E-state index in [1.165, 1.54) is 18.9 Å². The van der Waals surface area contributed by atoms with Gasteiger partial charge in [-0.05, 0) is 44.9 Å². The summed E-state index contributed by atoms with van der Waals surface area (Å²) < 4.78 is 41.2. The van der Waals surface area contributed by atoms with Crippen molar-refractivity contribution in [3.05, 3.63) is 23.2 Å². The summed E-state index contributed by atoms with van der Waals surface area (Å²) in [7, 11) is 0. The molecule has 0 spiro atoms. The number of fused-ring (bicyclic) bond motifs is 1. The number of hydrogen-bond acceptors (Lipinski definition) is 3. The van der Waals surface area contributed by atoms with Crippen LogP contribution in [0.3, 0.4) is 0 Å². The van der Waals surface area contributed by atoms with E-state index in [2.05, 4.69) is 28.8 Å². The first-order valence-electron chi connectivity index (χ1n) is 8.24. The Labute approximate surface area is 145 Å². The zero-order valence-corrected chi connectivity index (χ0v) is 14.5. The van der Waals surface area contributed by atoms with Gasteiger partial charge in [0.1, 0.15) is 5.75 Å². The average Bonchev–Trinajstić information content (AvgIpc) is 2.46. The van der Waals surface area contributed by atoms with Crippen LogP contribution in [0.5, 0.6) is 5.75 Å². The molecule has 2 atom stereocenters. The van der Waals surface area contributed by atoms with Crippen LogP contribution < -0.4 is 15.0 Å². The van der Waals surface area contributed by atoms with Crippen LogP contribution in [0.25, 0.3) is 0 Å². The van der Waals surface area contributed by atoms with Gasteiger partial charge in [0.25, 0.3) is 0 Å². The summed E-state index contributed by atoms with van der Waals surface area (Å²) in [6.07, 6.45) is -0.170. The van der Waals surface area contributed by atoms with E-state index in [0.29, 0.717) is 12.1 Å². The number of benzene rings is 1. The van der Waals surface area contributed by atoms with Crippen molar-refractivity contribution in [1.29, 1.82) is 0 Å². The number of rotatable bonds is 2. The SMILES string of the molecule is CC1(C)CN(c2ccc(OC(F)(F)F)c(Cl)c2)C2CCCCC2N1. The molecule has 24 heavy (non-hydrogen) atoms. The maximum absolute atomic E-state index is 12.4. The zero-order chi connectivity index (χ0) is 17.5. The Morgan fingerprint density at radius 3 is 2.62 bits per heavy atom. The Hall–Kier alpha value is -1.14. The normalized spacial score (nSPS) is 26.8. The van der Waals surface area contributed by atoms with Crippen molar-refractivity contribution >= 4 is 17.3 Å².